The van der Waals surface area contributed by atoms with E-state index >= 15 is 0 Å². The quantitative estimate of drug-likeness (QED) is 0.0162. The molecule has 1 heterocycles. The van der Waals surface area contributed by atoms with Crippen molar-refractivity contribution in [1.29, 1.82) is 0 Å². The number of hydrogen-bond donors (Lipinski definition) is 2. The summed E-state index contributed by atoms with van der Waals surface area (Å²) in [5.41, 5.74) is 7.99. The summed E-state index contributed by atoms with van der Waals surface area (Å²) < 4.78 is 39.0. The average Bonchev–Trinajstić information content (AvgIpc) is 3.48. The van der Waals surface area contributed by atoms with Crippen LogP contribution in [0.25, 0.3) is 0 Å². The Morgan fingerprint density at radius 3 is 1.90 bits per heavy atom. The van der Waals surface area contributed by atoms with Crippen LogP contribution in [0, 0.1) is 13.8 Å². The molecule has 59 heavy (non-hydrogen) atoms. The fourth-order valence-electron chi connectivity index (χ4n) is 6.23. The van der Waals surface area contributed by atoms with E-state index in [1.807, 2.05) is 24.3 Å². The number of phosphoric ester groups is 1. The van der Waals surface area contributed by atoms with E-state index in [-0.39, 0.29) is 38.4 Å². The molecule has 1 aromatic rings. The van der Waals surface area contributed by atoms with Crippen molar-refractivity contribution in [2.75, 3.05) is 26.4 Å². The summed E-state index contributed by atoms with van der Waals surface area (Å²) in [7, 11) is -4.42. The van der Waals surface area contributed by atoms with E-state index in [4.69, 9.17) is 28.7 Å². The molecule has 1 unspecified atom stereocenters. The Morgan fingerprint density at radius 1 is 0.678 bits per heavy atom. The number of furan rings is 1. The van der Waals surface area contributed by atoms with Crippen molar-refractivity contribution >= 4 is 25.5 Å². The predicted molar refractivity (Wildman–Crippen MR) is 237 cm³/mol. The van der Waals surface area contributed by atoms with Gasteiger partial charge in [0.05, 0.1) is 13.2 Å². The van der Waals surface area contributed by atoms with Crippen LogP contribution in [0.1, 0.15) is 171 Å². The van der Waals surface area contributed by atoms with Crippen LogP contribution in [0.3, 0.4) is 0 Å². The zero-order valence-corrected chi connectivity index (χ0v) is 37.8. The smallest absolute Gasteiger partial charge is 0.466 e. The Morgan fingerprint density at radius 2 is 1.24 bits per heavy atom. The lowest BCUT2D eigenvalue weighted by Crippen LogP contribution is -2.29. The largest absolute Gasteiger partial charge is 0.472 e. The van der Waals surface area contributed by atoms with Gasteiger partial charge in [0.2, 0.25) is 0 Å². The molecule has 2 atom stereocenters. The second kappa shape index (κ2) is 35.7. The Labute approximate surface area is 356 Å². The van der Waals surface area contributed by atoms with E-state index < -0.39 is 32.5 Å². The van der Waals surface area contributed by atoms with Gasteiger partial charge in [-0.3, -0.25) is 23.4 Å². The van der Waals surface area contributed by atoms with Gasteiger partial charge in [-0.2, -0.15) is 0 Å². The van der Waals surface area contributed by atoms with Crippen LogP contribution in [0.5, 0.6) is 0 Å². The van der Waals surface area contributed by atoms with Crippen molar-refractivity contribution in [1.82, 2.24) is 0 Å². The first kappa shape index (κ1) is 53.9. The molecular weight excluding hydrogens is 769 g/mol. The molecule has 0 saturated heterocycles. The third-order valence-corrected chi connectivity index (χ3v) is 10.9. The van der Waals surface area contributed by atoms with Crippen LogP contribution < -0.4 is 5.73 Å². The molecular formula is C47H78NO10P. The van der Waals surface area contributed by atoms with Gasteiger partial charge in [-0.15, -0.1) is 0 Å². The molecule has 0 amide bonds. The minimum atomic E-state index is -4.42. The maximum absolute atomic E-state index is 12.6. The number of ketones is 1. The summed E-state index contributed by atoms with van der Waals surface area (Å²) in [5.74, 6) is 1.53. The number of unbranched alkanes of at least 4 members (excludes halogenated alkanes) is 12. The number of allylic oxidation sites excluding steroid dienone is 8. The van der Waals surface area contributed by atoms with Crippen molar-refractivity contribution in [2.45, 2.75) is 181 Å². The minimum Gasteiger partial charge on any atom is -0.466 e. The summed E-state index contributed by atoms with van der Waals surface area (Å²) >= 11 is 0. The van der Waals surface area contributed by atoms with E-state index in [1.54, 1.807) is 12.2 Å². The molecule has 0 bridgehead atoms. The first-order valence-electron chi connectivity index (χ1n) is 22.4. The van der Waals surface area contributed by atoms with Crippen LogP contribution in [-0.2, 0) is 50.3 Å². The third kappa shape index (κ3) is 29.7. The molecule has 1 rings (SSSR count). The van der Waals surface area contributed by atoms with Gasteiger partial charge in [0.25, 0.3) is 0 Å². The Hall–Kier alpha value is -3.08. The van der Waals surface area contributed by atoms with Crippen LogP contribution in [-0.4, -0.2) is 55.1 Å². The van der Waals surface area contributed by atoms with Gasteiger partial charge in [-0.25, -0.2) is 4.57 Å². The molecule has 336 valence electrons. The molecule has 0 aliphatic heterocycles. The van der Waals surface area contributed by atoms with E-state index in [0.717, 1.165) is 82.8 Å². The second-order valence-electron chi connectivity index (χ2n) is 15.2. The van der Waals surface area contributed by atoms with E-state index in [2.05, 4.69) is 39.8 Å². The number of carbonyl (C=O) groups is 3. The highest BCUT2D eigenvalue weighted by atomic mass is 31.2. The normalized spacial score (nSPS) is 13.6. The van der Waals surface area contributed by atoms with E-state index in [9.17, 15) is 23.8 Å². The number of rotatable bonds is 38. The SMILES string of the molecule is CCCCCC(=O)/C=C/C=C\C/C=C\C/C=C\CCCC(=O)O[C@H](COC(=O)CCCCCCCCCCc1oc(CCCCC)c(C)c1C)COP(=O)(O)OCCN. The highest BCUT2D eigenvalue weighted by molar-refractivity contribution is 7.47. The van der Waals surface area contributed by atoms with Crippen LogP contribution in [0.4, 0.5) is 0 Å². The molecule has 0 radical (unpaired) electrons. The summed E-state index contributed by atoms with van der Waals surface area (Å²) in [6.45, 7) is 7.77. The topological polar surface area (TPSA) is 165 Å². The molecule has 0 spiro atoms. The predicted octanol–water partition coefficient (Wildman–Crippen LogP) is 11.6. The molecule has 1 aromatic heterocycles. The van der Waals surface area contributed by atoms with Crippen molar-refractivity contribution in [3.8, 4) is 0 Å². The monoisotopic (exact) mass is 848 g/mol. The van der Waals surface area contributed by atoms with E-state index in [0.29, 0.717) is 25.7 Å². The van der Waals surface area contributed by atoms with Crippen molar-refractivity contribution < 1.29 is 46.8 Å². The summed E-state index contributed by atoms with van der Waals surface area (Å²) in [5, 5.41) is 0. The van der Waals surface area contributed by atoms with Gasteiger partial charge in [-0.1, -0.05) is 121 Å². The zero-order chi connectivity index (χ0) is 43.4. The number of ether oxygens (including phenoxy) is 2. The molecule has 3 N–H and O–H groups in total. The van der Waals surface area contributed by atoms with Gasteiger partial charge in [0.15, 0.2) is 11.9 Å². The zero-order valence-electron chi connectivity index (χ0n) is 36.9. The summed E-state index contributed by atoms with van der Waals surface area (Å²) in [6, 6.07) is 0. The number of hydrogen-bond acceptors (Lipinski definition) is 10. The van der Waals surface area contributed by atoms with E-state index in [1.165, 1.54) is 49.0 Å². The standard InChI is InChI=1S/C47H78NO10P/c1-5-7-24-30-42(49)31-26-20-16-12-10-9-11-13-19-23-29-35-47(51)57-43(39-56-59(52,53)55-37-36-48)38-54-46(50)34-28-22-18-15-14-17-21-27-33-45-41(4)40(3)44(58-45)32-25-8-6-2/h9-10,13,16,19-20,26,31,43H,5-8,11-12,14-15,17-18,21-25,27-30,32-39,48H2,1-4H3,(H,52,53)/b10-9-,19-13-,20-16-,31-26+/t43-/m1/s1. The molecule has 0 aromatic carbocycles. The van der Waals surface area contributed by atoms with Crippen LogP contribution in [0.15, 0.2) is 53.0 Å². The lowest BCUT2D eigenvalue weighted by molar-refractivity contribution is -0.161. The summed E-state index contributed by atoms with van der Waals surface area (Å²) in [6.07, 6.45) is 35.3. The Balaban J connectivity index is 2.31. The maximum atomic E-state index is 12.6. The third-order valence-electron chi connectivity index (χ3n) is 9.90. The number of carbonyl (C=O) groups excluding carboxylic acids is 3. The van der Waals surface area contributed by atoms with Crippen molar-refractivity contribution in [2.24, 2.45) is 5.73 Å². The molecule has 12 heteroatoms. The Kier molecular flexibility index (Phi) is 32.6. The first-order chi connectivity index (χ1) is 28.5. The lowest BCUT2D eigenvalue weighted by Gasteiger charge is -2.19. The van der Waals surface area contributed by atoms with Gasteiger partial charge in [-0.05, 0) is 82.4 Å². The molecule has 0 aliphatic rings. The van der Waals surface area contributed by atoms with Crippen LogP contribution >= 0.6 is 7.82 Å². The van der Waals surface area contributed by atoms with Crippen molar-refractivity contribution in [3.63, 3.8) is 0 Å². The Bertz CT molecular complexity index is 1450. The number of aryl methyl sites for hydroxylation is 2. The molecule has 0 fully saturated rings. The fraction of sp³-hybridized carbons (Fsp3) is 0.681. The fourth-order valence-corrected chi connectivity index (χ4v) is 7.00. The van der Waals surface area contributed by atoms with Crippen molar-refractivity contribution in [3.05, 3.63) is 71.3 Å². The molecule has 11 nitrogen and oxygen atoms in total. The number of esters is 2. The lowest BCUT2D eigenvalue weighted by atomic mass is 10.0. The van der Waals surface area contributed by atoms with Gasteiger partial charge in [0.1, 0.15) is 18.1 Å². The summed E-state index contributed by atoms with van der Waals surface area (Å²) in [4.78, 5) is 46.7. The molecule has 0 aliphatic carbocycles. The molecule has 0 saturated carbocycles. The van der Waals surface area contributed by atoms with Gasteiger partial charge in [0, 0.05) is 38.6 Å². The van der Waals surface area contributed by atoms with Gasteiger partial charge < -0.3 is 24.5 Å². The number of phosphoric acid groups is 1. The highest BCUT2D eigenvalue weighted by Crippen LogP contribution is 2.43. The number of nitrogens with two attached hydrogens (primary N) is 1. The highest BCUT2D eigenvalue weighted by Gasteiger charge is 2.26. The average molecular weight is 848 g/mol. The second-order valence-corrected chi connectivity index (χ2v) is 16.6. The van der Waals surface area contributed by atoms with Crippen LogP contribution in [0.2, 0.25) is 0 Å². The minimum absolute atomic E-state index is 0.0270. The first-order valence-corrected chi connectivity index (χ1v) is 23.9. The van der Waals surface area contributed by atoms with Gasteiger partial charge >= 0.3 is 19.8 Å². The maximum Gasteiger partial charge on any atom is 0.472 e.